The highest BCUT2D eigenvalue weighted by Crippen LogP contribution is 2.36. The topological polar surface area (TPSA) is 55.4 Å². The lowest BCUT2D eigenvalue weighted by atomic mass is 10.0. The van der Waals surface area contributed by atoms with Crippen LogP contribution in [0.4, 0.5) is 5.00 Å². The van der Waals surface area contributed by atoms with Gasteiger partial charge in [0.15, 0.2) is 0 Å². The summed E-state index contributed by atoms with van der Waals surface area (Å²) in [5.74, 6) is -0.842. The van der Waals surface area contributed by atoms with Crippen molar-refractivity contribution in [2.24, 2.45) is 0 Å². The second-order valence-electron chi connectivity index (χ2n) is 5.96. The van der Waals surface area contributed by atoms with Crippen molar-refractivity contribution in [3.05, 3.63) is 81.2 Å². The maximum atomic E-state index is 12.6. The van der Waals surface area contributed by atoms with Gasteiger partial charge in [0.2, 0.25) is 5.91 Å². The minimum Gasteiger partial charge on any atom is -0.462 e. The first-order valence-electron chi connectivity index (χ1n) is 8.77. The van der Waals surface area contributed by atoms with Gasteiger partial charge in [-0.25, -0.2) is 4.79 Å². The van der Waals surface area contributed by atoms with Crippen LogP contribution in [0.15, 0.2) is 60.0 Å². The molecule has 148 valence electrons. The van der Waals surface area contributed by atoms with Crippen LogP contribution < -0.4 is 5.32 Å². The number of rotatable bonds is 6. The number of esters is 1. The van der Waals surface area contributed by atoms with Crippen LogP contribution in [0.2, 0.25) is 10.0 Å². The summed E-state index contributed by atoms with van der Waals surface area (Å²) in [6, 6.07) is 14.2. The molecule has 0 atom stereocenters. The van der Waals surface area contributed by atoms with Crippen LogP contribution >= 0.6 is 34.5 Å². The van der Waals surface area contributed by atoms with E-state index in [1.54, 1.807) is 49.4 Å². The average molecular weight is 446 g/mol. The number of thiophene rings is 1. The average Bonchev–Trinajstić information content (AvgIpc) is 3.12. The first-order chi connectivity index (χ1) is 14.0. The van der Waals surface area contributed by atoms with Gasteiger partial charge < -0.3 is 10.1 Å². The number of amides is 1. The zero-order valence-corrected chi connectivity index (χ0v) is 17.8. The molecule has 0 fully saturated rings. The Morgan fingerprint density at radius 3 is 2.28 bits per heavy atom. The van der Waals surface area contributed by atoms with Crippen molar-refractivity contribution in [1.82, 2.24) is 0 Å². The van der Waals surface area contributed by atoms with Crippen molar-refractivity contribution in [3.8, 4) is 11.1 Å². The number of hydrogen-bond donors (Lipinski definition) is 1. The minimum absolute atomic E-state index is 0.235. The molecule has 0 unspecified atom stereocenters. The van der Waals surface area contributed by atoms with E-state index in [-0.39, 0.29) is 12.5 Å². The Balaban J connectivity index is 1.86. The Labute approximate surface area is 182 Å². The Bertz CT molecular complexity index is 1040. The molecule has 29 heavy (non-hydrogen) atoms. The predicted octanol–water partition coefficient (Wildman–Crippen LogP) is 6.55. The predicted molar refractivity (Wildman–Crippen MR) is 120 cm³/mol. The molecule has 1 amide bonds. The Kier molecular flexibility index (Phi) is 7.09. The highest BCUT2D eigenvalue weighted by Gasteiger charge is 2.22. The Hall–Kier alpha value is -2.60. The van der Waals surface area contributed by atoms with E-state index in [9.17, 15) is 9.59 Å². The van der Waals surface area contributed by atoms with Gasteiger partial charge in [0.05, 0.1) is 6.61 Å². The summed E-state index contributed by atoms with van der Waals surface area (Å²) in [7, 11) is 0. The third kappa shape index (κ3) is 5.48. The summed E-state index contributed by atoms with van der Waals surface area (Å²) in [6.45, 7) is 1.97. The van der Waals surface area contributed by atoms with Gasteiger partial charge in [-0.3, -0.25) is 4.79 Å². The van der Waals surface area contributed by atoms with E-state index in [1.807, 2.05) is 17.5 Å². The molecule has 4 nitrogen and oxygen atoms in total. The SMILES string of the molecule is CCOC(=O)c1c(-c2ccc(Cl)cc2)csc1NC(=O)/C=C/c1ccc(Cl)cc1. The molecule has 0 bridgehead atoms. The summed E-state index contributed by atoms with van der Waals surface area (Å²) in [6.07, 6.45) is 3.07. The molecule has 1 N–H and O–H groups in total. The summed E-state index contributed by atoms with van der Waals surface area (Å²) in [4.78, 5) is 24.9. The van der Waals surface area contributed by atoms with E-state index in [4.69, 9.17) is 27.9 Å². The summed E-state index contributed by atoms with van der Waals surface area (Å²) >= 11 is 13.1. The maximum Gasteiger partial charge on any atom is 0.341 e. The summed E-state index contributed by atoms with van der Waals surface area (Å²) in [5, 5.41) is 6.24. The van der Waals surface area contributed by atoms with Gasteiger partial charge in [-0.15, -0.1) is 11.3 Å². The van der Waals surface area contributed by atoms with Crippen molar-refractivity contribution in [3.63, 3.8) is 0 Å². The van der Waals surface area contributed by atoms with Crippen molar-refractivity contribution < 1.29 is 14.3 Å². The van der Waals surface area contributed by atoms with Crippen LogP contribution in [0.5, 0.6) is 0 Å². The van der Waals surface area contributed by atoms with E-state index in [1.165, 1.54) is 17.4 Å². The van der Waals surface area contributed by atoms with Gasteiger partial charge in [-0.05, 0) is 48.4 Å². The van der Waals surface area contributed by atoms with Crippen LogP contribution in [-0.4, -0.2) is 18.5 Å². The normalized spacial score (nSPS) is 10.9. The molecular weight excluding hydrogens is 429 g/mol. The first-order valence-corrected chi connectivity index (χ1v) is 10.4. The van der Waals surface area contributed by atoms with E-state index < -0.39 is 5.97 Å². The molecule has 0 saturated heterocycles. The summed E-state index contributed by atoms with van der Waals surface area (Å²) in [5.41, 5.74) is 2.66. The molecule has 1 heterocycles. The molecule has 7 heteroatoms. The number of ether oxygens (including phenoxy) is 1. The van der Waals surface area contributed by atoms with Gasteiger partial charge in [0.1, 0.15) is 10.6 Å². The zero-order chi connectivity index (χ0) is 20.8. The molecule has 0 aliphatic carbocycles. The minimum atomic E-state index is -0.490. The van der Waals surface area contributed by atoms with Gasteiger partial charge in [0, 0.05) is 27.1 Å². The van der Waals surface area contributed by atoms with E-state index in [0.29, 0.717) is 26.2 Å². The largest absolute Gasteiger partial charge is 0.462 e. The highest BCUT2D eigenvalue weighted by molar-refractivity contribution is 7.15. The quantitative estimate of drug-likeness (QED) is 0.345. The Morgan fingerprint density at radius 1 is 1.03 bits per heavy atom. The molecule has 2 aromatic carbocycles. The molecule has 1 aromatic heterocycles. The lowest BCUT2D eigenvalue weighted by Crippen LogP contribution is -2.12. The molecule has 0 radical (unpaired) electrons. The molecule has 0 aliphatic heterocycles. The van der Waals surface area contributed by atoms with Gasteiger partial charge >= 0.3 is 5.97 Å². The first kappa shape index (κ1) is 21.1. The fraction of sp³-hybridized carbons (Fsp3) is 0.0909. The third-order valence-corrected chi connectivity index (χ3v) is 5.36. The van der Waals surface area contributed by atoms with E-state index >= 15 is 0 Å². The molecule has 3 aromatic rings. The lowest BCUT2D eigenvalue weighted by Gasteiger charge is -2.08. The van der Waals surface area contributed by atoms with Gasteiger partial charge in [0.25, 0.3) is 0 Å². The second kappa shape index (κ2) is 9.74. The number of nitrogens with one attached hydrogen (secondary N) is 1. The number of halogens is 2. The molecule has 3 rings (SSSR count). The number of carbonyl (C=O) groups excluding carboxylic acids is 2. The summed E-state index contributed by atoms with van der Waals surface area (Å²) < 4.78 is 5.19. The number of anilines is 1. The zero-order valence-electron chi connectivity index (χ0n) is 15.4. The van der Waals surface area contributed by atoms with Crippen LogP contribution in [0, 0.1) is 0 Å². The second-order valence-corrected chi connectivity index (χ2v) is 7.71. The van der Waals surface area contributed by atoms with Crippen molar-refractivity contribution in [2.75, 3.05) is 11.9 Å². The van der Waals surface area contributed by atoms with Crippen LogP contribution in [0.25, 0.3) is 17.2 Å². The molecule has 0 saturated carbocycles. The van der Waals surface area contributed by atoms with E-state index in [2.05, 4.69) is 5.32 Å². The lowest BCUT2D eigenvalue weighted by molar-refractivity contribution is -0.111. The number of hydrogen-bond acceptors (Lipinski definition) is 4. The number of benzene rings is 2. The molecule has 0 aliphatic rings. The van der Waals surface area contributed by atoms with E-state index in [0.717, 1.165) is 11.1 Å². The van der Waals surface area contributed by atoms with Crippen LogP contribution in [0.3, 0.4) is 0 Å². The van der Waals surface area contributed by atoms with Crippen molar-refractivity contribution in [1.29, 1.82) is 0 Å². The monoisotopic (exact) mass is 445 g/mol. The van der Waals surface area contributed by atoms with Crippen molar-refractivity contribution in [2.45, 2.75) is 6.92 Å². The van der Waals surface area contributed by atoms with Gasteiger partial charge in [-0.2, -0.15) is 0 Å². The maximum absolute atomic E-state index is 12.6. The fourth-order valence-electron chi connectivity index (χ4n) is 2.60. The number of carbonyl (C=O) groups is 2. The fourth-order valence-corrected chi connectivity index (χ4v) is 3.81. The van der Waals surface area contributed by atoms with Crippen molar-refractivity contribution >= 4 is 57.5 Å². The molecule has 0 spiro atoms. The highest BCUT2D eigenvalue weighted by atomic mass is 35.5. The smallest absolute Gasteiger partial charge is 0.341 e. The van der Waals surface area contributed by atoms with Gasteiger partial charge in [-0.1, -0.05) is 47.5 Å². The molecular formula is C22H17Cl2NO3S. The standard InChI is InChI=1S/C22H17Cl2NO3S/c1-2-28-22(27)20-18(15-6-10-17(24)11-7-15)13-29-21(20)25-19(26)12-5-14-3-8-16(23)9-4-14/h3-13H,2H2,1H3,(H,25,26)/b12-5+. The Morgan fingerprint density at radius 2 is 1.66 bits per heavy atom. The third-order valence-electron chi connectivity index (χ3n) is 3.96. The van der Waals surface area contributed by atoms with Crippen LogP contribution in [0.1, 0.15) is 22.8 Å². The van der Waals surface area contributed by atoms with Crippen LogP contribution in [-0.2, 0) is 9.53 Å².